The molecule has 2 aromatic heterocycles. The summed E-state index contributed by atoms with van der Waals surface area (Å²) in [6.45, 7) is 6.79. The molecule has 0 amide bonds. The maximum Gasteiger partial charge on any atom is 0.271 e. The van der Waals surface area contributed by atoms with Crippen LogP contribution >= 0.6 is 11.3 Å². The molecule has 3 nitrogen and oxygen atoms in total. The van der Waals surface area contributed by atoms with Crippen LogP contribution in [-0.4, -0.2) is 9.55 Å². The highest BCUT2D eigenvalue weighted by Gasteiger charge is 2.14. The van der Waals surface area contributed by atoms with Gasteiger partial charge in [-0.2, -0.15) is 0 Å². The first-order valence-corrected chi connectivity index (χ1v) is 9.51. The van der Waals surface area contributed by atoms with Gasteiger partial charge in [0.25, 0.3) is 5.56 Å². The molecule has 0 saturated heterocycles. The molecule has 0 atom stereocenters. The van der Waals surface area contributed by atoms with Crippen LogP contribution in [0.5, 0.6) is 0 Å². The van der Waals surface area contributed by atoms with Gasteiger partial charge in [-0.25, -0.2) is 4.98 Å². The Hall–Kier alpha value is -2.72. The summed E-state index contributed by atoms with van der Waals surface area (Å²) in [4.78, 5) is 17.6. The van der Waals surface area contributed by atoms with E-state index in [-0.39, 0.29) is 5.56 Å². The van der Waals surface area contributed by atoms with Gasteiger partial charge in [0.2, 0.25) is 0 Å². The summed E-state index contributed by atoms with van der Waals surface area (Å²) in [6, 6.07) is 14.5. The van der Waals surface area contributed by atoms with Crippen LogP contribution in [-0.2, 0) is 6.54 Å². The lowest BCUT2D eigenvalue weighted by atomic mass is 10.0. The van der Waals surface area contributed by atoms with Crippen molar-refractivity contribution < 1.29 is 0 Å². The van der Waals surface area contributed by atoms with Crippen molar-refractivity contribution in [1.29, 1.82) is 0 Å². The zero-order valence-electron chi connectivity index (χ0n) is 15.1. The van der Waals surface area contributed by atoms with Gasteiger partial charge in [-0.05, 0) is 43.0 Å². The molecule has 4 rings (SSSR count). The highest BCUT2D eigenvalue weighted by Crippen LogP contribution is 2.32. The third-order valence-electron chi connectivity index (χ3n) is 4.82. The average Bonchev–Trinajstić information content (AvgIpc) is 3.04. The molecule has 130 valence electrons. The SMILES string of the molecule is Cc1ccc(Cn2cnc3c(-c4ccccc4C)csc3c2=O)c(C)c1. The van der Waals surface area contributed by atoms with Gasteiger partial charge in [0, 0.05) is 10.9 Å². The maximum absolute atomic E-state index is 13.0. The molecule has 0 fully saturated rings. The van der Waals surface area contributed by atoms with E-state index in [0.29, 0.717) is 6.54 Å². The lowest BCUT2D eigenvalue weighted by Gasteiger charge is -2.09. The smallest absolute Gasteiger partial charge is 0.271 e. The van der Waals surface area contributed by atoms with Crippen LogP contribution in [0.2, 0.25) is 0 Å². The summed E-state index contributed by atoms with van der Waals surface area (Å²) in [7, 11) is 0. The van der Waals surface area contributed by atoms with Gasteiger partial charge in [0.1, 0.15) is 4.70 Å². The molecule has 26 heavy (non-hydrogen) atoms. The molecule has 0 aliphatic carbocycles. The van der Waals surface area contributed by atoms with E-state index >= 15 is 0 Å². The zero-order chi connectivity index (χ0) is 18.3. The quantitative estimate of drug-likeness (QED) is 0.509. The Morgan fingerprint density at radius 3 is 2.58 bits per heavy atom. The van der Waals surface area contributed by atoms with Crippen molar-refractivity contribution in [2.45, 2.75) is 27.3 Å². The standard InChI is InChI=1S/C22H20N2OS/c1-14-8-9-17(16(3)10-14)11-24-13-23-20-19(12-26-21(20)22(24)25)18-7-5-4-6-15(18)2/h4-10,12-13H,11H2,1-3H3. The van der Waals surface area contributed by atoms with Crippen LogP contribution in [0.1, 0.15) is 22.3 Å². The van der Waals surface area contributed by atoms with Gasteiger partial charge in [0.15, 0.2) is 0 Å². The van der Waals surface area contributed by atoms with E-state index in [1.807, 2.05) is 17.5 Å². The first kappa shape index (κ1) is 16.7. The number of benzene rings is 2. The topological polar surface area (TPSA) is 34.9 Å². The Bertz CT molecular complexity index is 1170. The summed E-state index contributed by atoms with van der Waals surface area (Å²) in [5, 5.41) is 2.04. The molecule has 0 aliphatic heterocycles. The predicted octanol–water partition coefficient (Wildman–Crippen LogP) is 5.10. The van der Waals surface area contributed by atoms with Crippen molar-refractivity contribution in [3.05, 3.63) is 86.8 Å². The molecule has 0 bridgehead atoms. The number of fused-ring (bicyclic) bond motifs is 1. The van der Waals surface area contributed by atoms with Crippen LogP contribution in [0.3, 0.4) is 0 Å². The Morgan fingerprint density at radius 1 is 1.00 bits per heavy atom. The van der Waals surface area contributed by atoms with E-state index in [0.717, 1.165) is 26.9 Å². The van der Waals surface area contributed by atoms with E-state index < -0.39 is 0 Å². The summed E-state index contributed by atoms with van der Waals surface area (Å²) in [5.41, 5.74) is 7.77. The molecule has 0 unspecified atom stereocenters. The summed E-state index contributed by atoms with van der Waals surface area (Å²) < 4.78 is 2.42. The Labute approximate surface area is 156 Å². The number of nitrogens with zero attached hydrogens (tertiary/aromatic N) is 2. The fourth-order valence-electron chi connectivity index (χ4n) is 3.33. The van der Waals surface area contributed by atoms with Crippen LogP contribution in [0.25, 0.3) is 21.3 Å². The molecule has 0 N–H and O–H groups in total. The second kappa shape index (κ2) is 6.54. The highest BCUT2D eigenvalue weighted by molar-refractivity contribution is 7.17. The minimum atomic E-state index is 0.0276. The molecule has 4 aromatic rings. The number of aryl methyl sites for hydroxylation is 3. The second-order valence-electron chi connectivity index (χ2n) is 6.75. The molecule has 0 aliphatic rings. The predicted molar refractivity (Wildman–Crippen MR) is 109 cm³/mol. The Kier molecular flexibility index (Phi) is 4.21. The molecule has 0 radical (unpaired) electrons. The summed E-state index contributed by atoms with van der Waals surface area (Å²) in [5.74, 6) is 0. The first-order valence-electron chi connectivity index (χ1n) is 8.63. The number of thiophene rings is 1. The van der Waals surface area contributed by atoms with Gasteiger partial charge in [0.05, 0.1) is 18.4 Å². The molecular weight excluding hydrogens is 340 g/mol. The number of hydrogen-bond donors (Lipinski definition) is 0. The van der Waals surface area contributed by atoms with Gasteiger partial charge in [-0.15, -0.1) is 11.3 Å². The number of aromatic nitrogens is 2. The summed E-state index contributed by atoms with van der Waals surface area (Å²) >= 11 is 1.48. The molecule has 2 heterocycles. The number of rotatable bonds is 3. The molecule has 2 aromatic carbocycles. The van der Waals surface area contributed by atoms with E-state index in [9.17, 15) is 4.79 Å². The molecule has 4 heteroatoms. The third-order valence-corrected chi connectivity index (χ3v) is 5.78. The van der Waals surface area contributed by atoms with Gasteiger partial charge < -0.3 is 0 Å². The van der Waals surface area contributed by atoms with Crippen molar-refractivity contribution in [2.24, 2.45) is 0 Å². The zero-order valence-corrected chi connectivity index (χ0v) is 15.9. The van der Waals surface area contributed by atoms with Crippen molar-refractivity contribution in [1.82, 2.24) is 9.55 Å². The fraction of sp³-hybridized carbons (Fsp3) is 0.182. The monoisotopic (exact) mass is 360 g/mol. The molecular formula is C22H20N2OS. The van der Waals surface area contributed by atoms with E-state index in [4.69, 9.17) is 0 Å². The van der Waals surface area contributed by atoms with Crippen LogP contribution in [0.15, 0.2) is 59.0 Å². The van der Waals surface area contributed by atoms with Crippen LogP contribution in [0, 0.1) is 20.8 Å². The average molecular weight is 360 g/mol. The van der Waals surface area contributed by atoms with Crippen molar-refractivity contribution in [2.75, 3.05) is 0 Å². The van der Waals surface area contributed by atoms with Gasteiger partial charge in [-0.3, -0.25) is 9.36 Å². The van der Waals surface area contributed by atoms with Crippen LogP contribution in [0.4, 0.5) is 0 Å². The minimum absolute atomic E-state index is 0.0276. The van der Waals surface area contributed by atoms with Crippen LogP contribution < -0.4 is 5.56 Å². The largest absolute Gasteiger partial charge is 0.294 e. The lowest BCUT2D eigenvalue weighted by molar-refractivity contribution is 0.746. The maximum atomic E-state index is 13.0. The first-order chi connectivity index (χ1) is 12.5. The van der Waals surface area contributed by atoms with Gasteiger partial charge in [-0.1, -0.05) is 48.0 Å². The van der Waals surface area contributed by atoms with Crippen molar-refractivity contribution >= 4 is 21.6 Å². The molecule has 0 spiro atoms. The highest BCUT2D eigenvalue weighted by atomic mass is 32.1. The summed E-state index contributed by atoms with van der Waals surface area (Å²) in [6.07, 6.45) is 1.68. The lowest BCUT2D eigenvalue weighted by Crippen LogP contribution is -2.20. The normalized spacial score (nSPS) is 11.2. The van der Waals surface area contributed by atoms with Gasteiger partial charge >= 0.3 is 0 Å². The minimum Gasteiger partial charge on any atom is -0.294 e. The van der Waals surface area contributed by atoms with E-state index in [1.54, 1.807) is 10.9 Å². The second-order valence-corrected chi connectivity index (χ2v) is 7.63. The number of hydrogen-bond acceptors (Lipinski definition) is 3. The van der Waals surface area contributed by atoms with E-state index in [2.05, 4.69) is 56.1 Å². The molecule has 0 saturated carbocycles. The fourth-order valence-corrected chi connectivity index (χ4v) is 4.29. The Balaban J connectivity index is 1.79. The third kappa shape index (κ3) is 2.86. The van der Waals surface area contributed by atoms with Crippen molar-refractivity contribution in [3.8, 4) is 11.1 Å². The Morgan fingerprint density at radius 2 is 1.81 bits per heavy atom. The van der Waals surface area contributed by atoms with E-state index in [1.165, 1.54) is 28.0 Å². The van der Waals surface area contributed by atoms with Crippen molar-refractivity contribution in [3.63, 3.8) is 0 Å².